The number of rotatable bonds is 1. The molecule has 3 heteroatoms. The normalized spacial score (nSPS) is 10.0. The maximum Gasteiger partial charge on any atom is 0.163 e. The highest BCUT2D eigenvalue weighted by Crippen LogP contribution is 2.37. The Labute approximate surface area is 76.7 Å². The van der Waals surface area contributed by atoms with Crippen LogP contribution in [0.2, 0.25) is 5.02 Å². The van der Waals surface area contributed by atoms with E-state index in [2.05, 4.69) is 0 Å². The molecule has 66 valence electrons. The predicted molar refractivity (Wildman–Crippen MR) is 49.1 cm³/mol. The number of phenols is 1. The van der Waals surface area contributed by atoms with Crippen LogP contribution in [0.15, 0.2) is 6.07 Å². The maximum absolute atomic E-state index is 9.55. The largest absolute Gasteiger partial charge is 0.504 e. The average Bonchev–Trinajstić information content (AvgIpc) is 2.01. The summed E-state index contributed by atoms with van der Waals surface area (Å²) in [6, 6.07) is 1.77. The summed E-state index contributed by atoms with van der Waals surface area (Å²) < 4.78 is 5.00. The average molecular weight is 187 g/mol. The minimum Gasteiger partial charge on any atom is -0.504 e. The van der Waals surface area contributed by atoms with Crippen LogP contribution in [0.25, 0.3) is 0 Å². The van der Waals surface area contributed by atoms with Gasteiger partial charge in [0.15, 0.2) is 11.5 Å². The molecule has 1 aromatic rings. The monoisotopic (exact) mass is 186 g/mol. The summed E-state index contributed by atoms with van der Waals surface area (Å²) in [7, 11) is 1.52. The molecule has 0 aliphatic rings. The van der Waals surface area contributed by atoms with Crippen molar-refractivity contribution in [2.45, 2.75) is 13.8 Å². The fraction of sp³-hybridized carbons (Fsp3) is 0.333. The highest BCUT2D eigenvalue weighted by molar-refractivity contribution is 6.31. The highest BCUT2D eigenvalue weighted by atomic mass is 35.5. The Morgan fingerprint density at radius 1 is 1.42 bits per heavy atom. The second kappa shape index (κ2) is 3.23. The van der Waals surface area contributed by atoms with Gasteiger partial charge in [0, 0.05) is 10.6 Å². The summed E-state index contributed by atoms with van der Waals surface area (Å²) >= 11 is 5.83. The molecule has 1 rings (SSSR count). The van der Waals surface area contributed by atoms with Crippen LogP contribution in [0.4, 0.5) is 0 Å². The molecule has 1 N–H and O–H groups in total. The number of phenolic OH excluding ortho intramolecular Hbond substituents is 1. The van der Waals surface area contributed by atoms with Crippen LogP contribution in [0.3, 0.4) is 0 Å². The molecular formula is C9H11ClO2. The summed E-state index contributed by atoms with van der Waals surface area (Å²) in [5, 5.41) is 10.1. The number of hydrogen-bond donors (Lipinski definition) is 1. The molecular weight excluding hydrogens is 176 g/mol. The van der Waals surface area contributed by atoms with E-state index in [1.165, 1.54) is 7.11 Å². The van der Waals surface area contributed by atoms with Crippen LogP contribution in [-0.2, 0) is 0 Å². The first-order chi connectivity index (χ1) is 5.57. The van der Waals surface area contributed by atoms with E-state index in [1.807, 2.05) is 6.92 Å². The second-order valence-electron chi connectivity index (χ2n) is 2.68. The fourth-order valence-electron chi connectivity index (χ4n) is 1.09. The van der Waals surface area contributed by atoms with Crippen molar-refractivity contribution in [2.75, 3.05) is 7.11 Å². The van der Waals surface area contributed by atoms with Gasteiger partial charge in [0.25, 0.3) is 0 Å². The van der Waals surface area contributed by atoms with E-state index in [-0.39, 0.29) is 5.75 Å². The minimum absolute atomic E-state index is 0.127. The van der Waals surface area contributed by atoms with Crippen molar-refractivity contribution >= 4 is 11.6 Å². The fourth-order valence-corrected chi connectivity index (χ4v) is 1.34. The van der Waals surface area contributed by atoms with Gasteiger partial charge in [0.05, 0.1) is 7.11 Å². The van der Waals surface area contributed by atoms with Crippen LogP contribution in [0.5, 0.6) is 11.5 Å². The van der Waals surface area contributed by atoms with Gasteiger partial charge in [-0.05, 0) is 25.5 Å². The third-order valence-corrected chi connectivity index (χ3v) is 2.23. The highest BCUT2D eigenvalue weighted by Gasteiger charge is 2.11. The zero-order valence-corrected chi connectivity index (χ0v) is 8.07. The summed E-state index contributed by atoms with van der Waals surface area (Å²) in [6.45, 7) is 3.59. The Morgan fingerprint density at radius 3 is 2.50 bits per heavy atom. The van der Waals surface area contributed by atoms with Crippen LogP contribution < -0.4 is 4.74 Å². The summed E-state index contributed by atoms with van der Waals surface area (Å²) in [5.74, 6) is 0.624. The number of aryl methyl sites for hydroxylation is 1. The Bertz CT molecular complexity index is 308. The first-order valence-corrected chi connectivity index (χ1v) is 3.98. The number of halogens is 1. The third-order valence-electron chi connectivity index (χ3n) is 1.83. The molecule has 0 aliphatic heterocycles. The number of hydrogen-bond acceptors (Lipinski definition) is 2. The van der Waals surface area contributed by atoms with Crippen molar-refractivity contribution in [1.82, 2.24) is 0 Å². The lowest BCUT2D eigenvalue weighted by molar-refractivity contribution is 0.369. The summed E-state index contributed by atoms with van der Waals surface area (Å²) in [6.07, 6.45) is 0. The van der Waals surface area contributed by atoms with Gasteiger partial charge < -0.3 is 9.84 Å². The molecule has 0 aliphatic carbocycles. The lowest BCUT2D eigenvalue weighted by Crippen LogP contribution is -1.90. The van der Waals surface area contributed by atoms with Crippen molar-refractivity contribution in [2.24, 2.45) is 0 Å². The van der Waals surface area contributed by atoms with E-state index in [4.69, 9.17) is 16.3 Å². The van der Waals surface area contributed by atoms with E-state index in [9.17, 15) is 5.11 Å². The van der Waals surface area contributed by atoms with Crippen molar-refractivity contribution in [1.29, 1.82) is 0 Å². The van der Waals surface area contributed by atoms with Gasteiger partial charge in [-0.1, -0.05) is 11.6 Å². The minimum atomic E-state index is 0.127. The number of aromatic hydroxyl groups is 1. The molecule has 0 amide bonds. The van der Waals surface area contributed by atoms with Crippen molar-refractivity contribution in [3.8, 4) is 11.5 Å². The lowest BCUT2D eigenvalue weighted by atomic mass is 10.1. The van der Waals surface area contributed by atoms with Gasteiger partial charge in [0.1, 0.15) is 0 Å². The quantitative estimate of drug-likeness (QED) is 0.731. The standard InChI is InChI=1S/C9H11ClO2/c1-5-4-7(10)6(2)8(11)9(5)12-3/h4,11H,1-3H3. The molecule has 0 atom stereocenters. The van der Waals surface area contributed by atoms with E-state index in [0.29, 0.717) is 16.3 Å². The topological polar surface area (TPSA) is 29.5 Å². The smallest absolute Gasteiger partial charge is 0.163 e. The van der Waals surface area contributed by atoms with Gasteiger partial charge in [-0.25, -0.2) is 0 Å². The predicted octanol–water partition coefficient (Wildman–Crippen LogP) is 2.67. The number of methoxy groups -OCH3 is 1. The third kappa shape index (κ3) is 1.34. The molecule has 0 fully saturated rings. The summed E-state index contributed by atoms with van der Waals surface area (Å²) in [5.41, 5.74) is 1.49. The Kier molecular flexibility index (Phi) is 2.48. The number of benzene rings is 1. The van der Waals surface area contributed by atoms with Crippen molar-refractivity contribution in [3.05, 3.63) is 22.2 Å². The van der Waals surface area contributed by atoms with Gasteiger partial charge in [-0.15, -0.1) is 0 Å². The van der Waals surface area contributed by atoms with Crippen LogP contribution >= 0.6 is 11.6 Å². The van der Waals surface area contributed by atoms with Crippen LogP contribution in [-0.4, -0.2) is 12.2 Å². The van der Waals surface area contributed by atoms with E-state index < -0.39 is 0 Å². The Hall–Kier alpha value is -0.890. The van der Waals surface area contributed by atoms with Gasteiger partial charge in [0.2, 0.25) is 0 Å². The SMILES string of the molecule is COc1c(C)cc(Cl)c(C)c1O. The first-order valence-electron chi connectivity index (χ1n) is 3.60. The summed E-state index contributed by atoms with van der Waals surface area (Å²) in [4.78, 5) is 0. The van der Waals surface area contributed by atoms with Crippen LogP contribution in [0.1, 0.15) is 11.1 Å². The molecule has 0 bridgehead atoms. The molecule has 0 saturated carbocycles. The van der Waals surface area contributed by atoms with Gasteiger partial charge in [-0.2, -0.15) is 0 Å². The zero-order chi connectivity index (χ0) is 9.30. The van der Waals surface area contributed by atoms with E-state index in [1.54, 1.807) is 13.0 Å². The molecule has 0 heterocycles. The molecule has 0 unspecified atom stereocenters. The molecule has 1 aromatic carbocycles. The molecule has 2 nitrogen and oxygen atoms in total. The zero-order valence-electron chi connectivity index (χ0n) is 7.31. The lowest BCUT2D eigenvalue weighted by Gasteiger charge is -2.10. The van der Waals surface area contributed by atoms with Crippen LogP contribution in [0, 0.1) is 13.8 Å². The maximum atomic E-state index is 9.55. The van der Waals surface area contributed by atoms with Crippen molar-refractivity contribution < 1.29 is 9.84 Å². The Balaban J connectivity index is 3.40. The van der Waals surface area contributed by atoms with Gasteiger partial charge >= 0.3 is 0 Å². The second-order valence-corrected chi connectivity index (χ2v) is 3.09. The molecule has 0 radical (unpaired) electrons. The van der Waals surface area contributed by atoms with Gasteiger partial charge in [-0.3, -0.25) is 0 Å². The first kappa shape index (κ1) is 9.20. The molecule has 0 spiro atoms. The number of ether oxygens (including phenoxy) is 1. The van der Waals surface area contributed by atoms with Crippen molar-refractivity contribution in [3.63, 3.8) is 0 Å². The molecule has 0 aromatic heterocycles. The van der Waals surface area contributed by atoms with E-state index in [0.717, 1.165) is 5.56 Å². The molecule has 0 saturated heterocycles. The molecule has 12 heavy (non-hydrogen) atoms. The van der Waals surface area contributed by atoms with E-state index >= 15 is 0 Å². The Morgan fingerprint density at radius 2 is 2.00 bits per heavy atom.